The summed E-state index contributed by atoms with van der Waals surface area (Å²) in [6.45, 7) is 4.55. The van der Waals surface area contributed by atoms with Gasteiger partial charge in [0.1, 0.15) is 6.29 Å². The van der Waals surface area contributed by atoms with Crippen molar-refractivity contribution < 1.29 is 9.90 Å². The second-order valence-electron chi connectivity index (χ2n) is 5.23. The molecule has 0 aromatic carbocycles. The van der Waals surface area contributed by atoms with Gasteiger partial charge in [0.2, 0.25) is 0 Å². The van der Waals surface area contributed by atoms with E-state index in [1.165, 1.54) is 6.42 Å². The van der Waals surface area contributed by atoms with Crippen LogP contribution in [0.25, 0.3) is 0 Å². The highest BCUT2D eigenvalue weighted by Gasteiger charge is 2.56. The summed E-state index contributed by atoms with van der Waals surface area (Å²) in [6, 6.07) is 0. The topological polar surface area (TPSA) is 37.3 Å². The fraction of sp³-hybridized carbons (Fsp3) is 0.909. The molecule has 0 heterocycles. The highest BCUT2D eigenvalue weighted by atomic mass is 16.3. The third-order valence-electron chi connectivity index (χ3n) is 4.45. The number of carbonyl (C=O) groups excluding carboxylic acids is 1. The lowest BCUT2D eigenvalue weighted by Crippen LogP contribution is -2.57. The fourth-order valence-corrected chi connectivity index (χ4v) is 3.35. The van der Waals surface area contributed by atoms with Crippen LogP contribution in [-0.2, 0) is 4.79 Å². The van der Waals surface area contributed by atoms with Gasteiger partial charge >= 0.3 is 0 Å². The summed E-state index contributed by atoms with van der Waals surface area (Å²) >= 11 is 0. The Morgan fingerprint density at radius 1 is 1.46 bits per heavy atom. The van der Waals surface area contributed by atoms with Crippen molar-refractivity contribution in [1.29, 1.82) is 0 Å². The number of aliphatic hydroxyl groups excluding tert-OH is 1. The van der Waals surface area contributed by atoms with Gasteiger partial charge in [-0.25, -0.2) is 0 Å². The van der Waals surface area contributed by atoms with E-state index < -0.39 is 0 Å². The highest BCUT2D eigenvalue weighted by molar-refractivity contribution is 5.50. The van der Waals surface area contributed by atoms with E-state index in [1.54, 1.807) is 0 Å². The predicted molar refractivity (Wildman–Crippen MR) is 50.2 cm³/mol. The van der Waals surface area contributed by atoms with Crippen LogP contribution < -0.4 is 0 Å². The average molecular weight is 182 g/mol. The molecule has 4 atom stereocenters. The summed E-state index contributed by atoms with van der Waals surface area (Å²) in [4.78, 5) is 10.5. The predicted octanol–water partition coefficient (Wildman–Crippen LogP) is 1.62. The van der Waals surface area contributed by atoms with Gasteiger partial charge in [-0.2, -0.15) is 0 Å². The van der Waals surface area contributed by atoms with Crippen molar-refractivity contribution in [3.63, 3.8) is 0 Å². The van der Waals surface area contributed by atoms with Crippen molar-refractivity contribution in [3.8, 4) is 0 Å². The van der Waals surface area contributed by atoms with E-state index in [9.17, 15) is 9.90 Å². The number of hydrogen-bond acceptors (Lipinski definition) is 2. The second kappa shape index (κ2) is 2.81. The minimum absolute atomic E-state index is 0.220. The molecule has 0 saturated heterocycles. The zero-order valence-electron chi connectivity index (χ0n) is 8.36. The largest absolute Gasteiger partial charge is 0.393 e. The monoisotopic (exact) mass is 182 g/mol. The summed E-state index contributed by atoms with van der Waals surface area (Å²) in [5.74, 6) is 1.50. The maximum absolute atomic E-state index is 10.5. The fourth-order valence-electron chi connectivity index (χ4n) is 3.35. The van der Waals surface area contributed by atoms with Gasteiger partial charge in [0.15, 0.2) is 0 Å². The van der Waals surface area contributed by atoms with Crippen molar-refractivity contribution in [3.05, 3.63) is 0 Å². The van der Waals surface area contributed by atoms with Crippen LogP contribution in [0.2, 0.25) is 0 Å². The van der Waals surface area contributed by atoms with Gasteiger partial charge in [0, 0.05) is 6.42 Å². The molecule has 2 heteroatoms. The smallest absolute Gasteiger partial charge is 0.120 e. The van der Waals surface area contributed by atoms with Crippen molar-refractivity contribution in [2.24, 2.45) is 23.2 Å². The molecular formula is C11H18O2. The number of carbonyl (C=O) groups is 1. The molecule has 1 N–H and O–H groups in total. The normalized spacial score (nSPS) is 46.7. The van der Waals surface area contributed by atoms with Crippen LogP contribution in [0.1, 0.15) is 33.1 Å². The second-order valence-corrected chi connectivity index (χ2v) is 5.23. The number of aldehydes is 1. The van der Waals surface area contributed by atoms with Crippen molar-refractivity contribution in [2.75, 3.05) is 0 Å². The lowest BCUT2D eigenvalue weighted by atomic mass is 9.44. The average Bonchev–Trinajstić information content (AvgIpc) is 2.08. The van der Waals surface area contributed by atoms with Crippen LogP contribution in [0.15, 0.2) is 0 Å². The Morgan fingerprint density at radius 2 is 2.15 bits per heavy atom. The molecule has 2 unspecified atom stereocenters. The Labute approximate surface area is 79.3 Å². The van der Waals surface area contributed by atoms with Crippen LogP contribution in [0.5, 0.6) is 0 Å². The first-order valence-electron chi connectivity index (χ1n) is 5.19. The number of aliphatic hydroxyl groups is 1. The minimum atomic E-state index is -0.220. The zero-order valence-corrected chi connectivity index (χ0v) is 8.36. The Morgan fingerprint density at radius 3 is 2.69 bits per heavy atom. The first-order chi connectivity index (χ1) is 6.07. The van der Waals surface area contributed by atoms with E-state index in [4.69, 9.17) is 0 Å². The number of rotatable bonds is 2. The Hall–Kier alpha value is -0.370. The Balaban J connectivity index is 2.12. The molecule has 3 saturated carbocycles. The standard InChI is InChI=1S/C11H18O2/c1-11(2)7-5-9(11)8(3-4-12)10(13)6-7/h4,7-10,13H,3,5-6H2,1-2H3/t7-,8?,9+,10?/m1/s1. The first kappa shape index (κ1) is 9.20. The summed E-state index contributed by atoms with van der Waals surface area (Å²) in [5.41, 5.74) is 0.368. The first-order valence-corrected chi connectivity index (χ1v) is 5.19. The summed E-state index contributed by atoms with van der Waals surface area (Å²) in [6.07, 6.45) is 3.41. The quantitative estimate of drug-likeness (QED) is 0.659. The van der Waals surface area contributed by atoms with Gasteiger partial charge < -0.3 is 9.90 Å². The van der Waals surface area contributed by atoms with Crippen molar-refractivity contribution >= 4 is 6.29 Å². The van der Waals surface area contributed by atoms with E-state index >= 15 is 0 Å². The zero-order chi connectivity index (χ0) is 9.64. The lowest BCUT2D eigenvalue weighted by molar-refractivity contribution is -0.163. The van der Waals surface area contributed by atoms with E-state index in [2.05, 4.69) is 13.8 Å². The van der Waals surface area contributed by atoms with Gasteiger partial charge in [-0.1, -0.05) is 13.8 Å². The molecular weight excluding hydrogens is 164 g/mol. The van der Waals surface area contributed by atoms with Gasteiger partial charge in [0.05, 0.1) is 6.10 Å². The van der Waals surface area contributed by atoms with Gasteiger partial charge in [0.25, 0.3) is 0 Å². The molecule has 0 amide bonds. The van der Waals surface area contributed by atoms with E-state index in [1.807, 2.05) is 0 Å². The van der Waals surface area contributed by atoms with Crippen LogP contribution in [0, 0.1) is 23.2 Å². The molecule has 3 rings (SSSR count). The maximum Gasteiger partial charge on any atom is 0.120 e. The molecule has 0 radical (unpaired) electrons. The third-order valence-corrected chi connectivity index (χ3v) is 4.45. The molecule has 3 aliphatic rings. The molecule has 0 spiro atoms. The molecule has 0 aliphatic heterocycles. The van der Waals surface area contributed by atoms with Crippen LogP contribution in [0.4, 0.5) is 0 Å². The molecule has 3 aliphatic carbocycles. The Kier molecular flexibility index (Phi) is 1.99. The third kappa shape index (κ3) is 1.15. The van der Waals surface area contributed by atoms with Gasteiger partial charge in [-0.05, 0) is 36.0 Å². The SMILES string of the molecule is CC1(C)[C@H]2CC(O)C(CC=O)[C@@H]1C2. The van der Waals surface area contributed by atoms with Crippen molar-refractivity contribution in [1.82, 2.24) is 0 Å². The summed E-state index contributed by atoms with van der Waals surface area (Å²) in [5, 5.41) is 9.77. The van der Waals surface area contributed by atoms with Gasteiger partial charge in [-0.3, -0.25) is 0 Å². The van der Waals surface area contributed by atoms with E-state index in [-0.39, 0.29) is 12.0 Å². The maximum atomic E-state index is 10.5. The van der Waals surface area contributed by atoms with E-state index in [0.29, 0.717) is 23.7 Å². The molecule has 0 aromatic rings. The van der Waals surface area contributed by atoms with Crippen LogP contribution in [-0.4, -0.2) is 17.5 Å². The number of fused-ring (bicyclic) bond motifs is 2. The van der Waals surface area contributed by atoms with E-state index in [0.717, 1.165) is 12.7 Å². The molecule has 3 fully saturated rings. The minimum Gasteiger partial charge on any atom is -0.393 e. The van der Waals surface area contributed by atoms with Crippen LogP contribution >= 0.6 is 0 Å². The molecule has 2 bridgehead atoms. The molecule has 13 heavy (non-hydrogen) atoms. The highest BCUT2D eigenvalue weighted by Crippen LogP contribution is 2.61. The molecule has 0 aromatic heterocycles. The Bertz CT molecular complexity index is 222. The lowest BCUT2D eigenvalue weighted by Gasteiger charge is -2.61. The number of hydrogen-bond donors (Lipinski definition) is 1. The van der Waals surface area contributed by atoms with Crippen LogP contribution in [0.3, 0.4) is 0 Å². The summed E-state index contributed by atoms with van der Waals surface area (Å²) in [7, 11) is 0. The summed E-state index contributed by atoms with van der Waals surface area (Å²) < 4.78 is 0. The van der Waals surface area contributed by atoms with Crippen molar-refractivity contribution in [2.45, 2.75) is 39.2 Å². The molecule has 2 nitrogen and oxygen atoms in total. The van der Waals surface area contributed by atoms with Gasteiger partial charge in [-0.15, -0.1) is 0 Å². The molecule has 74 valence electrons.